The zero-order valence-electron chi connectivity index (χ0n) is 22.4. The van der Waals surface area contributed by atoms with Crippen molar-refractivity contribution in [3.05, 3.63) is 104 Å². The molecule has 39 heavy (non-hydrogen) atoms. The Hall–Kier alpha value is -3.91. The first-order valence-corrected chi connectivity index (χ1v) is 13.7. The second-order valence-electron chi connectivity index (χ2n) is 9.86. The first-order valence-electron chi connectivity index (χ1n) is 12.9. The van der Waals surface area contributed by atoms with Crippen LogP contribution < -0.4 is 16.2 Å². The van der Waals surface area contributed by atoms with E-state index in [2.05, 4.69) is 57.5 Å². The summed E-state index contributed by atoms with van der Waals surface area (Å²) in [5, 5.41) is 7.51. The lowest BCUT2D eigenvalue weighted by Gasteiger charge is -2.20. The monoisotopic (exact) mass is 588 g/mol. The van der Waals surface area contributed by atoms with Crippen LogP contribution in [-0.2, 0) is 16.1 Å². The number of halogens is 1. The van der Waals surface area contributed by atoms with Crippen LogP contribution in [-0.4, -0.2) is 35.3 Å². The van der Waals surface area contributed by atoms with Crippen molar-refractivity contribution in [2.24, 2.45) is 0 Å². The van der Waals surface area contributed by atoms with Gasteiger partial charge in [-0.3, -0.25) is 14.4 Å². The number of likely N-dealkylation sites (N-methyl/N-ethyl adjacent to an activating group) is 1. The number of hydrogen-bond acceptors (Lipinski definition) is 4. The number of nitrogens with zero attached hydrogens (tertiary/aromatic N) is 1. The van der Waals surface area contributed by atoms with Crippen molar-refractivity contribution < 1.29 is 9.59 Å². The summed E-state index contributed by atoms with van der Waals surface area (Å²) in [5.74, 6) is 0.149. The maximum Gasteiger partial charge on any atom is 0.255 e. The molecule has 7 nitrogen and oxygen atoms in total. The molecule has 0 aliphatic carbocycles. The minimum Gasteiger partial charge on any atom is -0.376 e. The fourth-order valence-corrected chi connectivity index (χ4v) is 4.96. The molecule has 1 heterocycles. The van der Waals surface area contributed by atoms with Crippen LogP contribution in [0.3, 0.4) is 0 Å². The van der Waals surface area contributed by atoms with Crippen molar-refractivity contribution in [2.75, 3.05) is 24.2 Å². The number of amides is 2. The number of aryl methyl sites for hydroxylation is 1. The summed E-state index contributed by atoms with van der Waals surface area (Å²) >= 11 is 3.56. The lowest BCUT2D eigenvalue weighted by Crippen LogP contribution is -2.32. The third kappa shape index (κ3) is 7.35. The van der Waals surface area contributed by atoms with E-state index in [1.807, 2.05) is 48.5 Å². The summed E-state index contributed by atoms with van der Waals surface area (Å²) < 4.78 is 0.857. The number of H-pyrrole nitrogens is 1. The molecule has 0 aliphatic rings. The highest BCUT2D eigenvalue weighted by Crippen LogP contribution is 2.25. The predicted octanol–water partition coefficient (Wildman–Crippen LogP) is 6.19. The second kappa shape index (κ2) is 12.8. The van der Waals surface area contributed by atoms with Crippen LogP contribution in [0.25, 0.3) is 10.8 Å². The zero-order chi connectivity index (χ0) is 27.9. The molecule has 202 valence electrons. The van der Waals surface area contributed by atoms with Crippen LogP contribution >= 0.6 is 15.9 Å². The molecule has 3 aromatic carbocycles. The van der Waals surface area contributed by atoms with Gasteiger partial charge < -0.3 is 20.5 Å². The summed E-state index contributed by atoms with van der Waals surface area (Å²) in [4.78, 5) is 41.8. The smallest absolute Gasteiger partial charge is 0.255 e. The molecule has 0 saturated carbocycles. The molecule has 1 atom stereocenters. The van der Waals surface area contributed by atoms with Gasteiger partial charge in [0.2, 0.25) is 11.8 Å². The van der Waals surface area contributed by atoms with Crippen molar-refractivity contribution in [3.63, 3.8) is 0 Å². The van der Waals surface area contributed by atoms with Crippen molar-refractivity contribution in [2.45, 2.75) is 39.2 Å². The molecule has 0 fully saturated rings. The van der Waals surface area contributed by atoms with Gasteiger partial charge in [0.05, 0.1) is 6.54 Å². The van der Waals surface area contributed by atoms with Gasteiger partial charge in [0.15, 0.2) is 0 Å². The van der Waals surface area contributed by atoms with E-state index >= 15 is 0 Å². The first-order chi connectivity index (χ1) is 18.7. The van der Waals surface area contributed by atoms with Crippen molar-refractivity contribution >= 4 is 49.9 Å². The molecule has 3 N–H and O–H groups in total. The molecule has 0 saturated heterocycles. The van der Waals surface area contributed by atoms with Gasteiger partial charge in [0.1, 0.15) is 0 Å². The minimum absolute atomic E-state index is 0.0356. The Balaban J connectivity index is 1.31. The van der Waals surface area contributed by atoms with E-state index in [9.17, 15) is 14.4 Å². The number of hydrogen-bond donors (Lipinski definition) is 3. The van der Waals surface area contributed by atoms with E-state index in [0.717, 1.165) is 21.8 Å². The average Bonchev–Trinajstić information content (AvgIpc) is 2.92. The Morgan fingerprint density at radius 2 is 1.79 bits per heavy atom. The molecule has 8 heteroatoms. The maximum absolute atomic E-state index is 12.8. The molecular weight excluding hydrogens is 556 g/mol. The molecule has 0 spiro atoms. The highest BCUT2D eigenvalue weighted by atomic mass is 79.9. The van der Waals surface area contributed by atoms with E-state index in [1.165, 1.54) is 11.1 Å². The number of carbonyl (C=O) groups is 2. The predicted molar refractivity (Wildman–Crippen MR) is 161 cm³/mol. The highest BCUT2D eigenvalue weighted by molar-refractivity contribution is 9.10. The van der Waals surface area contributed by atoms with Gasteiger partial charge >= 0.3 is 0 Å². The van der Waals surface area contributed by atoms with Crippen LogP contribution in [0.2, 0.25) is 0 Å². The number of anilines is 2. The number of carbonyl (C=O) groups excluding carboxylic acids is 2. The third-order valence-electron chi connectivity index (χ3n) is 6.91. The molecule has 4 rings (SSSR count). The Bertz CT molecular complexity index is 1550. The lowest BCUT2D eigenvalue weighted by atomic mass is 9.92. The lowest BCUT2D eigenvalue weighted by molar-refractivity contribution is -0.128. The molecular formula is C31H33BrN4O3. The second-order valence-corrected chi connectivity index (χ2v) is 10.7. The normalized spacial score (nSPS) is 11.7. The van der Waals surface area contributed by atoms with Crippen LogP contribution in [0.1, 0.15) is 42.4 Å². The molecule has 0 bridgehead atoms. The van der Waals surface area contributed by atoms with Crippen molar-refractivity contribution in [1.82, 2.24) is 9.88 Å². The number of nitrogens with one attached hydrogen (secondary N) is 3. The summed E-state index contributed by atoms with van der Waals surface area (Å²) in [7, 11) is 1.74. The molecule has 2 amide bonds. The van der Waals surface area contributed by atoms with Crippen LogP contribution in [0, 0.1) is 6.92 Å². The fourth-order valence-electron chi connectivity index (χ4n) is 4.59. The number of benzene rings is 3. The standard InChI is InChI=1S/C31H33BrN4O3/c1-20-6-4-5-7-26(20)21(2)8-13-29(37)35-25-11-12-28(32)23(16-25)19-36(3)30(38)18-34-24-10-9-22-14-15-33-31(39)27(22)17-24/h4-7,9-12,14-17,21,34H,8,13,18-19H2,1-3H3,(H,33,39)(H,35,37)/t21-/m0/s1. The van der Waals surface area contributed by atoms with Gasteiger partial charge in [0.25, 0.3) is 5.56 Å². The number of pyridine rings is 1. The Morgan fingerprint density at radius 1 is 1.03 bits per heavy atom. The number of aromatic nitrogens is 1. The van der Waals surface area contributed by atoms with Gasteiger partial charge in [-0.1, -0.05) is 53.2 Å². The fraction of sp³-hybridized carbons (Fsp3) is 0.258. The molecule has 0 radical (unpaired) electrons. The van der Waals surface area contributed by atoms with Gasteiger partial charge in [0, 0.05) is 47.4 Å². The third-order valence-corrected chi connectivity index (χ3v) is 7.68. The van der Waals surface area contributed by atoms with Crippen LogP contribution in [0.5, 0.6) is 0 Å². The Kier molecular flexibility index (Phi) is 9.19. The summed E-state index contributed by atoms with van der Waals surface area (Å²) in [6.07, 6.45) is 2.80. The van der Waals surface area contributed by atoms with Gasteiger partial charge in [-0.15, -0.1) is 0 Å². The number of aromatic amines is 1. The zero-order valence-corrected chi connectivity index (χ0v) is 24.0. The number of fused-ring (bicyclic) bond motifs is 1. The van der Waals surface area contributed by atoms with E-state index in [0.29, 0.717) is 35.6 Å². The highest BCUT2D eigenvalue weighted by Gasteiger charge is 2.14. The van der Waals surface area contributed by atoms with Crippen LogP contribution in [0.15, 0.2) is 82.2 Å². The van der Waals surface area contributed by atoms with Gasteiger partial charge in [-0.05, 0) is 77.7 Å². The average molecular weight is 590 g/mol. The topological polar surface area (TPSA) is 94.3 Å². The number of rotatable bonds is 10. The first kappa shape index (κ1) is 28.1. The molecule has 1 aromatic heterocycles. The van der Waals surface area contributed by atoms with Gasteiger partial charge in [-0.25, -0.2) is 0 Å². The Labute approximate surface area is 236 Å². The van der Waals surface area contributed by atoms with E-state index in [4.69, 9.17) is 0 Å². The van der Waals surface area contributed by atoms with Crippen molar-refractivity contribution in [3.8, 4) is 0 Å². The van der Waals surface area contributed by atoms with Gasteiger partial charge in [-0.2, -0.15) is 0 Å². The maximum atomic E-state index is 12.8. The Morgan fingerprint density at radius 3 is 2.59 bits per heavy atom. The van der Waals surface area contributed by atoms with E-state index in [1.54, 1.807) is 24.2 Å². The summed E-state index contributed by atoms with van der Waals surface area (Å²) in [6.45, 7) is 4.69. The molecule has 4 aromatic rings. The van der Waals surface area contributed by atoms with Crippen LogP contribution in [0.4, 0.5) is 11.4 Å². The van der Waals surface area contributed by atoms with Crippen molar-refractivity contribution in [1.29, 1.82) is 0 Å². The quantitative estimate of drug-likeness (QED) is 0.206. The summed E-state index contributed by atoms with van der Waals surface area (Å²) in [6, 6.07) is 21.2. The molecule has 0 unspecified atom stereocenters. The SMILES string of the molecule is Cc1ccccc1[C@@H](C)CCC(=O)Nc1ccc(Br)c(CN(C)C(=O)CNc2ccc3cc[nH]c(=O)c3c2)c1. The largest absolute Gasteiger partial charge is 0.376 e. The summed E-state index contributed by atoms with van der Waals surface area (Å²) in [5.41, 5.74) is 4.62. The van der Waals surface area contributed by atoms with E-state index < -0.39 is 0 Å². The van der Waals surface area contributed by atoms with E-state index in [-0.39, 0.29) is 23.9 Å². The molecule has 0 aliphatic heterocycles. The minimum atomic E-state index is -0.169.